The molecule has 1 heterocycles. The lowest BCUT2D eigenvalue weighted by Gasteiger charge is -1.99. The third-order valence-electron chi connectivity index (χ3n) is 2.89. The zero-order valence-electron chi connectivity index (χ0n) is 11.1. The average Bonchev–Trinajstić information content (AvgIpc) is 2.77. The summed E-state index contributed by atoms with van der Waals surface area (Å²) in [6.45, 7) is 1.79. The highest BCUT2D eigenvalue weighted by molar-refractivity contribution is 5.82. The van der Waals surface area contributed by atoms with Gasteiger partial charge in [0.15, 0.2) is 0 Å². The molecular weight excluding hydrogens is 256 g/mol. The molecule has 0 saturated carbocycles. The Morgan fingerprint density at radius 2 is 2.05 bits per heavy atom. The van der Waals surface area contributed by atoms with Gasteiger partial charge >= 0.3 is 0 Å². The molecule has 0 saturated heterocycles. The number of rotatable bonds is 5. The Morgan fingerprint density at radius 3 is 2.70 bits per heavy atom. The van der Waals surface area contributed by atoms with Gasteiger partial charge in [0.25, 0.3) is 5.56 Å². The highest BCUT2D eigenvalue weighted by Gasteiger charge is 2.08. The van der Waals surface area contributed by atoms with E-state index in [0.29, 0.717) is 12.0 Å². The third-order valence-corrected chi connectivity index (χ3v) is 2.89. The summed E-state index contributed by atoms with van der Waals surface area (Å²) in [4.78, 5) is 23.0. The van der Waals surface area contributed by atoms with E-state index in [0.717, 1.165) is 11.3 Å². The molecule has 0 unspecified atom stereocenters. The number of nitrogens with zero attached hydrogens (tertiary/aromatic N) is 1. The predicted molar refractivity (Wildman–Crippen MR) is 76.7 cm³/mol. The summed E-state index contributed by atoms with van der Waals surface area (Å²) >= 11 is 0. The van der Waals surface area contributed by atoms with Gasteiger partial charge in [-0.2, -0.15) is 5.10 Å². The molecular formula is C14H16N4O2. The van der Waals surface area contributed by atoms with E-state index in [1.54, 1.807) is 13.1 Å². The normalized spacial score (nSPS) is 10.8. The van der Waals surface area contributed by atoms with Crippen LogP contribution >= 0.6 is 0 Å². The summed E-state index contributed by atoms with van der Waals surface area (Å²) < 4.78 is 0. The summed E-state index contributed by atoms with van der Waals surface area (Å²) in [5.41, 5.74) is 4.53. The number of hydrazone groups is 1. The van der Waals surface area contributed by atoms with Crippen LogP contribution in [-0.4, -0.2) is 22.3 Å². The van der Waals surface area contributed by atoms with Crippen molar-refractivity contribution in [3.8, 4) is 0 Å². The molecule has 6 heteroatoms. The van der Waals surface area contributed by atoms with Gasteiger partial charge in [0, 0.05) is 17.7 Å². The second-order valence-corrected chi connectivity index (χ2v) is 4.39. The number of aryl methyl sites for hydroxylation is 1. The predicted octanol–water partition coefficient (Wildman–Crippen LogP) is 1.09. The monoisotopic (exact) mass is 272 g/mol. The van der Waals surface area contributed by atoms with Crippen molar-refractivity contribution in [2.75, 3.05) is 0 Å². The van der Waals surface area contributed by atoms with E-state index >= 15 is 0 Å². The fourth-order valence-corrected chi connectivity index (χ4v) is 1.79. The molecule has 2 aromatic rings. The Morgan fingerprint density at radius 1 is 1.30 bits per heavy atom. The summed E-state index contributed by atoms with van der Waals surface area (Å²) in [5, 5.41) is 9.08. The SMILES string of the molecule is Cc1[nH][nH]c(=O)c1CCC(=O)N/N=C\c1ccccc1. The first-order chi connectivity index (χ1) is 9.66. The summed E-state index contributed by atoms with van der Waals surface area (Å²) in [7, 11) is 0. The van der Waals surface area contributed by atoms with Crippen LogP contribution in [0.4, 0.5) is 0 Å². The van der Waals surface area contributed by atoms with Gasteiger partial charge in [-0.05, 0) is 18.9 Å². The van der Waals surface area contributed by atoms with Gasteiger partial charge in [0.1, 0.15) is 0 Å². The van der Waals surface area contributed by atoms with Crippen molar-refractivity contribution in [3.63, 3.8) is 0 Å². The number of H-pyrrole nitrogens is 2. The van der Waals surface area contributed by atoms with Gasteiger partial charge in [0.2, 0.25) is 5.91 Å². The van der Waals surface area contributed by atoms with Crippen LogP contribution in [-0.2, 0) is 11.2 Å². The van der Waals surface area contributed by atoms with Crippen LogP contribution in [0.25, 0.3) is 0 Å². The third kappa shape index (κ3) is 3.68. The number of carbonyl (C=O) groups excluding carboxylic acids is 1. The summed E-state index contributed by atoms with van der Waals surface area (Å²) in [6, 6.07) is 9.47. The summed E-state index contributed by atoms with van der Waals surface area (Å²) in [5.74, 6) is -0.225. The first-order valence-electron chi connectivity index (χ1n) is 6.30. The molecule has 0 aliphatic carbocycles. The van der Waals surface area contributed by atoms with Crippen molar-refractivity contribution in [1.82, 2.24) is 15.6 Å². The van der Waals surface area contributed by atoms with E-state index in [4.69, 9.17) is 0 Å². The number of benzene rings is 1. The number of carbonyl (C=O) groups is 1. The first-order valence-corrected chi connectivity index (χ1v) is 6.30. The Labute approximate surface area is 115 Å². The number of hydrogen-bond acceptors (Lipinski definition) is 3. The lowest BCUT2D eigenvalue weighted by atomic mass is 10.1. The van der Waals surface area contributed by atoms with E-state index in [1.807, 2.05) is 30.3 Å². The van der Waals surface area contributed by atoms with Crippen LogP contribution in [0.5, 0.6) is 0 Å². The van der Waals surface area contributed by atoms with E-state index in [2.05, 4.69) is 20.7 Å². The van der Waals surface area contributed by atoms with Crippen molar-refractivity contribution in [2.24, 2.45) is 5.10 Å². The molecule has 1 aromatic heterocycles. The van der Waals surface area contributed by atoms with Gasteiger partial charge in [-0.15, -0.1) is 0 Å². The molecule has 6 nitrogen and oxygen atoms in total. The molecule has 1 aromatic carbocycles. The highest BCUT2D eigenvalue weighted by atomic mass is 16.2. The van der Waals surface area contributed by atoms with Crippen LogP contribution in [0.2, 0.25) is 0 Å². The fourth-order valence-electron chi connectivity index (χ4n) is 1.79. The van der Waals surface area contributed by atoms with Crippen LogP contribution in [0.3, 0.4) is 0 Å². The fraction of sp³-hybridized carbons (Fsp3) is 0.214. The standard InChI is InChI=1S/C14H16N4O2/c1-10-12(14(20)18-16-10)7-8-13(19)17-15-9-11-5-3-2-4-6-11/h2-6,9H,7-8H2,1H3,(H,17,19)(H2,16,18,20)/b15-9-. The van der Waals surface area contributed by atoms with Gasteiger partial charge in [0.05, 0.1) is 6.21 Å². The smallest absolute Gasteiger partial charge is 0.267 e. The van der Waals surface area contributed by atoms with Gasteiger partial charge in [-0.25, -0.2) is 5.43 Å². The molecule has 20 heavy (non-hydrogen) atoms. The Kier molecular flexibility index (Phi) is 4.49. The highest BCUT2D eigenvalue weighted by Crippen LogP contribution is 2.01. The molecule has 1 amide bonds. The first kappa shape index (κ1) is 13.8. The van der Waals surface area contributed by atoms with Crippen molar-refractivity contribution < 1.29 is 4.79 Å². The summed E-state index contributed by atoms with van der Waals surface area (Å²) in [6.07, 6.45) is 2.18. The van der Waals surface area contributed by atoms with E-state index in [9.17, 15) is 9.59 Å². The van der Waals surface area contributed by atoms with Crippen LogP contribution < -0.4 is 11.0 Å². The second kappa shape index (κ2) is 6.51. The number of hydrogen-bond donors (Lipinski definition) is 3. The van der Waals surface area contributed by atoms with Gasteiger partial charge < -0.3 is 5.10 Å². The maximum atomic E-state index is 11.6. The van der Waals surface area contributed by atoms with Crippen LogP contribution in [0, 0.1) is 6.92 Å². The quantitative estimate of drug-likeness (QED) is 0.562. The molecule has 0 radical (unpaired) electrons. The molecule has 0 aliphatic rings. The Balaban J connectivity index is 1.82. The largest absolute Gasteiger partial charge is 0.302 e. The Bertz CT molecular complexity index is 655. The number of aromatic nitrogens is 2. The number of nitrogens with one attached hydrogen (secondary N) is 3. The topological polar surface area (TPSA) is 90.1 Å². The average molecular weight is 272 g/mol. The van der Waals surface area contributed by atoms with Crippen molar-refractivity contribution in [1.29, 1.82) is 0 Å². The minimum absolute atomic E-state index is 0.178. The zero-order chi connectivity index (χ0) is 14.4. The van der Waals surface area contributed by atoms with Gasteiger partial charge in [-0.3, -0.25) is 14.7 Å². The molecule has 3 N–H and O–H groups in total. The molecule has 0 aliphatic heterocycles. The maximum absolute atomic E-state index is 11.6. The van der Waals surface area contributed by atoms with E-state index < -0.39 is 0 Å². The Hall–Kier alpha value is -2.63. The lowest BCUT2D eigenvalue weighted by molar-refractivity contribution is -0.121. The van der Waals surface area contributed by atoms with Crippen molar-refractivity contribution in [3.05, 3.63) is 57.5 Å². The number of aromatic amines is 2. The van der Waals surface area contributed by atoms with Crippen molar-refractivity contribution in [2.45, 2.75) is 19.8 Å². The number of amides is 1. The molecule has 2 rings (SSSR count). The van der Waals surface area contributed by atoms with Crippen LogP contribution in [0.1, 0.15) is 23.2 Å². The van der Waals surface area contributed by atoms with Crippen molar-refractivity contribution >= 4 is 12.1 Å². The second-order valence-electron chi connectivity index (χ2n) is 4.39. The maximum Gasteiger partial charge on any atom is 0.267 e. The van der Waals surface area contributed by atoms with E-state index in [1.165, 1.54) is 0 Å². The van der Waals surface area contributed by atoms with Crippen LogP contribution in [0.15, 0.2) is 40.2 Å². The molecule has 104 valence electrons. The molecule has 0 bridgehead atoms. The minimum Gasteiger partial charge on any atom is -0.302 e. The zero-order valence-corrected chi connectivity index (χ0v) is 11.1. The molecule has 0 atom stereocenters. The van der Waals surface area contributed by atoms with Gasteiger partial charge in [-0.1, -0.05) is 30.3 Å². The van der Waals surface area contributed by atoms with E-state index in [-0.39, 0.29) is 17.9 Å². The molecule has 0 fully saturated rings. The molecule has 0 spiro atoms. The minimum atomic E-state index is -0.225. The lowest BCUT2D eigenvalue weighted by Crippen LogP contribution is -2.19.